The fourth-order valence-corrected chi connectivity index (χ4v) is 3.54. The van der Waals surface area contributed by atoms with Gasteiger partial charge in [-0.1, -0.05) is 13.0 Å². The quantitative estimate of drug-likeness (QED) is 0.920. The minimum absolute atomic E-state index is 0.426. The molecule has 6 heteroatoms. The number of fused-ring (bicyclic) bond motifs is 1. The summed E-state index contributed by atoms with van der Waals surface area (Å²) in [6, 6.07) is 5.63. The van der Waals surface area contributed by atoms with Gasteiger partial charge in [0.2, 0.25) is 0 Å². The number of benzene rings is 1. The number of para-hydroxylation sites is 1. The lowest BCUT2D eigenvalue weighted by Gasteiger charge is -2.15. The van der Waals surface area contributed by atoms with E-state index in [9.17, 15) is 4.79 Å². The molecule has 1 aliphatic rings. The van der Waals surface area contributed by atoms with Crippen LogP contribution in [0.2, 0.25) is 0 Å². The number of primary amides is 1. The van der Waals surface area contributed by atoms with Crippen molar-refractivity contribution >= 4 is 17.1 Å². The van der Waals surface area contributed by atoms with Gasteiger partial charge in [-0.05, 0) is 45.0 Å². The average Bonchev–Trinajstić information content (AvgIpc) is 3.11. The second-order valence-electron chi connectivity index (χ2n) is 6.05. The summed E-state index contributed by atoms with van der Waals surface area (Å²) in [7, 11) is 0. The first-order valence-electron chi connectivity index (χ1n) is 8.32. The number of carbonyl (C=O) groups is 1. The number of rotatable bonds is 5. The Morgan fingerprint density at radius 1 is 1.43 bits per heavy atom. The third kappa shape index (κ3) is 3.03. The highest BCUT2D eigenvalue weighted by Crippen LogP contribution is 2.32. The van der Waals surface area contributed by atoms with E-state index in [2.05, 4.69) is 23.3 Å². The summed E-state index contributed by atoms with van der Waals surface area (Å²) in [4.78, 5) is 18.4. The summed E-state index contributed by atoms with van der Waals surface area (Å²) >= 11 is 0. The van der Waals surface area contributed by atoms with Crippen LogP contribution in [0.3, 0.4) is 0 Å². The van der Waals surface area contributed by atoms with Gasteiger partial charge in [0.25, 0.3) is 0 Å². The number of hydrogen-bond donors (Lipinski definition) is 1. The second-order valence-corrected chi connectivity index (χ2v) is 6.05. The molecule has 3 rings (SSSR count). The number of hydrogen-bond acceptors (Lipinski definition) is 4. The van der Waals surface area contributed by atoms with E-state index in [0.29, 0.717) is 11.7 Å². The van der Waals surface area contributed by atoms with E-state index >= 15 is 0 Å². The first-order valence-corrected chi connectivity index (χ1v) is 8.32. The van der Waals surface area contributed by atoms with E-state index in [1.807, 2.05) is 12.1 Å². The number of ether oxygens (including phenoxy) is 1. The molecule has 1 aliphatic heterocycles. The molecule has 2 aromatic rings. The van der Waals surface area contributed by atoms with Gasteiger partial charge in [-0.2, -0.15) is 0 Å². The van der Waals surface area contributed by atoms with Gasteiger partial charge in [0.1, 0.15) is 11.3 Å². The highest BCUT2D eigenvalue weighted by atomic mass is 16.5. The molecule has 1 atom stereocenters. The normalized spacial score (nSPS) is 18.6. The standard InChI is InChI=1S/C17H24N4O2/c1-3-9-20-10-8-12(11-20)16-19-15-13(21(16)4-2)6-5-7-14(15)23-17(18)22/h5-7,12H,3-4,8-11H2,1-2H3,(H2,18,22). The Labute approximate surface area is 136 Å². The minimum atomic E-state index is -0.805. The number of amides is 1. The number of nitrogens with two attached hydrogens (primary N) is 1. The molecule has 1 saturated heterocycles. The van der Waals surface area contributed by atoms with Crippen LogP contribution in [-0.4, -0.2) is 40.2 Å². The van der Waals surface area contributed by atoms with Crippen molar-refractivity contribution in [1.82, 2.24) is 14.5 Å². The van der Waals surface area contributed by atoms with Crippen LogP contribution in [-0.2, 0) is 6.54 Å². The Balaban J connectivity index is 1.99. The van der Waals surface area contributed by atoms with Crippen LogP contribution in [0, 0.1) is 0 Å². The Bertz CT molecular complexity index is 710. The monoisotopic (exact) mass is 316 g/mol. The van der Waals surface area contributed by atoms with Crippen molar-refractivity contribution in [2.75, 3.05) is 19.6 Å². The van der Waals surface area contributed by atoms with E-state index in [-0.39, 0.29) is 0 Å². The minimum Gasteiger partial charge on any atom is -0.408 e. The number of imidazole rings is 1. The van der Waals surface area contributed by atoms with Crippen molar-refractivity contribution in [3.05, 3.63) is 24.0 Å². The highest BCUT2D eigenvalue weighted by Gasteiger charge is 2.28. The van der Waals surface area contributed by atoms with Crippen molar-refractivity contribution in [2.45, 2.75) is 39.2 Å². The zero-order valence-corrected chi connectivity index (χ0v) is 13.8. The molecule has 23 heavy (non-hydrogen) atoms. The van der Waals surface area contributed by atoms with Gasteiger partial charge in [-0.25, -0.2) is 9.78 Å². The molecule has 0 saturated carbocycles. The fraction of sp³-hybridized carbons (Fsp3) is 0.529. The summed E-state index contributed by atoms with van der Waals surface area (Å²) in [5.74, 6) is 1.95. The lowest BCUT2D eigenvalue weighted by molar-refractivity contribution is 0.211. The molecule has 124 valence electrons. The number of likely N-dealkylation sites (tertiary alicyclic amines) is 1. The molecule has 1 fully saturated rings. The molecule has 1 unspecified atom stereocenters. The van der Waals surface area contributed by atoms with Gasteiger partial charge in [-0.3, -0.25) is 0 Å². The van der Waals surface area contributed by atoms with Crippen LogP contribution < -0.4 is 10.5 Å². The van der Waals surface area contributed by atoms with Crippen LogP contribution in [0.4, 0.5) is 4.79 Å². The lowest BCUT2D eigenvalue weighted by atomic mass is 10.1. The van der Waals surface area contributed by atoms with Crippen LogP contribution in [0.5, 0.6) is 5.75 Å². The third-order valence-electron chi connectivity index (χ3n) is 4.48. The summed E-state index contributed by atoms with van der Waals surface area (Å²) < 4.78 is 7.34. The molecule has 1 aromatic heterocycles. The van der Waals surface area contributed by atoms with Gasteiger partial charge in [0.15, 0.2) is 5.75 Å². The fourth-order valence-electron chi connectivity index (χ4n) is 3.54. The Morgan fingerprint density at radius 2 is 2.26 bits per heavy atom. The summed E-state index contributed by atoms with van der Waals surface area (Å²) in [6.07, 6.45) is 1.49. The molecule has 1 amide bonds. The third-order valence-corrected chi connectivity index (χ3v) is 4.48. The van der Waals surface area contributed by atoms with Crippen molar-refractivity contribution in [2.24, 2.45) is 5.73 Å². The topological polar surface area (TPSA) is 73.4 Å². The Morgan fingerprint density at radius 3 is 2.96 bits per heavy atom. The van der Waals surface area contributed by atoms with Crippen LogP contribution in [0.1, 0.15) is 38.4 Å². The van der Waals surface area contributed by atoms with Gasteiger partial charge in [0.05, 0.1) is 5.52 Å². The molecular formula is C17H24N4O2. The van der Waals surface area contributed by atoms with Crippen molar-refractivity contribution in [3.8, 4) is 5.75 Å². The number of carbonyl (C=O) groups excluding carboxylic acids is 1. The number of nitrogens with zero attached hydrogens (tertiary/aromatic N) is 3. The Kier molecular flexibility index (Phi) is 4.52. The summed E-state index contributed by atoms with van der Waals surface area (Å²) in [5.41, 5.74) is 6.88. The van der Waals surface area contributed by atoms with E-state index in [4.69, 9.17) is 15.5 Å². The maximum absolute atomic E-state index is 11.1. The van der Waals surface area contributed by atoms with E-state index < -0.39 is 6.09 Å². The van der Waals surface area contributed by atoms with E-state index in [1.165, 1.54) is 6.42 Å². The zero-order valence-electron chi connectivity index (χ0n) is 13.8. The van der Waals surface area contributed by atoms with Crippen molar-refractivity contribution in [3.63, 3.8) is 0 Å². The van der Waals surface area contributed by atoms with Crippen molar-refractivity contribution in [1.29, 1.82) is 0 Å². The molecule has 0 radical (unpaired) electrons. The van der Waals surface area contributed by atoms with Gasteiger partial charge in [0, 0.05) is 19.0 Å². The maximum Gasteiger partial charge on any atom is 0.410 e. The molecule has 1 aromatic carbocycles. The largest absolute Gasteiger partial charge is 0.410 e. The first kappa shape index (κ1) is 15.8. The molecular weight excluding hydrogens is 292 g/mol. The van der Waals surface area contributed by atoms with E-state index in [1.54, 1.807) is 6.07 Å². The first-order chi connectivity index (χ1) is 11.1. The molecule has 6 nitrogen and oxygen atoms in total. The van der Waals surface area contributed by atoms with E-state index in [0.717, 1.165) is 49.5 Å². The molecule has 0 spiro atoms. The summed E-state index contributed by atoms with van der Waals surface area (Å²) in [6.45, 7) is 8.47. The second kappa shape index (κ2) is 6.58. The van der Waals surface area contributed by atoms with Crippen LogP contribution >= 0.6 is 0 Å². The molecule has 2 heterocycles. The van der Waals surface area contributed by atoms with Crippen LogP contribution in [0.15, 0.2) is 18.2 Å². The highest BCUT2D eigenvalue weighted by molar-refractivity contribution is 5.85. The number of aromatic nitrogens is 2. The SMILES string of the molecule is CCCN1CCC(c2nc3c(OC(N)=O)cccc3n2CC)C1. The molecule has 0 aliphatic carbocycles. The van der Waals surface area contributed by atoms with Gasteiger partial charge in [-0.15, -0.1) is 0 Å². The predicted octanol–water partition coefficient (Wildman–Crippen LogP) is 2.71. The average molecular weight is 316 g/mol. The van der Waals surface area contributed by atoms with Gasteiger partial charge >= 0.3 is 6.09 Å². The maximum atomic E-state index is 11.1. The predicted molar refractivity (Wildman–Crippen MR) is 89.7 cm³/mol. The molecule has 2 N–H and O–H groups in total. The lowest BCUT2D eigenvalue weighted by Crippen LogP contribution is -2.21. The van der Waals surface area contributed by atoms with Gasteiger partial charge < -0.3 is 19.9 Å². The zero-order chi connectivity index (χ0) is 16.4. The smallest absolute Gasteiger partial charge is 0.408 e. The van der Waals surface area contributed by atoms with Crippen LogP contribution in [0.25, 0.3) is 11.0 Å². The molecule has 0 bridgehead atoms. The number of aryl methyl sites for hydroxylation is 1. The summed E-state index contributed by atoms with van der Waals surface area (Å²) in [5, 5.41) is 0. The van der Waals surface area contributed by atoms with Crippen molar-refractivity contribution < 1.29 is 9.53 Å². The Hall–Kier alpha value is -2.08.